The van der Waals surface area contributed by atoms with Crippen LogP contribution in [-0.2, 0) is 68.7 Å². The number of carbonyl (C=O) groups is 12. The van der Waals surface area contributed by atoms with Crippen LogP contribution >= 0.6 is 0 Å². The fourth-order valence-electron chi connectivity index (χ4n) is 8.61. The van der Waals surface area contributed by atoms with Crippen LogP contribution in [0.25, 0.3) is 0 Å². The van der Waals surface area contributed by atoms with Crippen LogP contribution in [0.3, 0.4) is 0 Å². The molecule has 0 aromatic heterocycles. The number of amides is 11. The lowest BCUT2D eigenvalue weighted by molar-refractivity contribution is -0.157. The van der Waals surface area contributed by atoms with E-state index in [1.54, 1.807) is 55.5 Å². The molecule has 2 rings (SSSR count). The minimum Gasteiger partial charge on any atom is -0.458 e. The Labute approximate surface area is 496 Å². The van der Waals surface area contributed by atoms with Gasteiger partial charge in [-0.1, -0.05) is 91.1 Å². The molecule has 1 aliphatic rings. The number of aliphatic hydroxyl groups is 2. The number of aliphatic imine (C=N–C) groups is 1. The highest BCUT2D eigenvalue weighted by Gasteiger charge is 2.40. The summed E-state index contributed by atoms with van der Waals surface area (Å²) in [6.45, 7) is 13.8. The van der Waals surface area contributed by atoms with Gasteiger partial charge in [0, 0.05) is 13.0 Å². The van der Waals surface area contributed by atoms with E-state index < -0.39 is 187 Å². The van der Waals surface area contributed by atoms with Gasteiger partial charge < -0.3 is 84.9 Å². The predicted octanol–water partition coefficient (Wildman–Crippen LogP) is -3.80. The smallest absolute Gasteiger partial charge is 0.329 e. The van der Waals surface area contributed by atoms with E-state index in [-0.39, 0.29) is 19.4 Å². The number of nitrogens with one attached hydrogen (secondary N) is 11. The maximum Gasteiger partial charge on any atom is 0.329 e. The minimum absolute atomic E-state index is 0.0802. The van der Waals surface area contributed by atoms with Crippen molar-refractivity contribution in [3.63, 3.8) is 0 Å². The summed E-state index contributed by atoms with van der Waals surface area (Å²) in [5, 5.41) is 48.6. The number of hydrogen-bond donors (Lipinski definition) is 15. The number of carbonyl (C=O) groups excluding carboxylic acids is 12. The van der Waals surface area contributed by atoms with Crippen molar-refractivity contribution in [3.8, 4) is 0 Å². The molecule has 0 aliphatic carbocycles. The van der Waals surface area contributed by atoms with E-state index in [1.807, 2.05) is 30.3 Å². The Kier molecular flexibility index (Phi) is 31.8. The number of ether oxygens (including phenoxy) is 1. The molecular formula is C56H92N14O15. The summed E-state index contributed by atoms with van der Waals surface area (Å²) < 4.78 is 5.67. The Morgan fingerprint density at radius 2 is 1.18 bits per heavy atom. The van der Waals surface area contributed by atoms with Crippen molar-refractivity contribution in [2.75, 3.05) is 26.8 Å². The van der Waals surface area contributed by atoms with Crippen LogP contribution in [0.5, 0.6) is 0 Å². The molecule has 1 saturated heterocycles. The second-order valence-corrected chi connectivity index (χ2v) is 21.5. The van der Waals surface area contributed by atoms with Crippen LogP contribution in [0.15, 0.2) is 35.3 Å². The fourth-order valence-corrected chi connectivity index (χ4v) is 8.61. The Bertz CT molecular complexity index is 2480. The summed E-state index contributed by atoms with van der Waals surface area (Å²) >= 11 is 0. The maximum atomic E-state index is 14.0. The van der Waals surface area contributed by atoms with Crippen LogP contribution in [0, 0.1) is 17.8 Å². The summed E-state index contributed by atoms with van der Waals surface area (Å²) in [4.78, 5) is 167. The van der Waals surface area contributed by atoms with E-state index >= 15 is 0 Å². The van der Waals surface area contributed by atoms with Crippen LogP contribution in [0.4, 0.5) is 0 Å². The molecule has 0 spiro atoms. The first kappa shape index (κ1) is 73.3. The highest BCUT2D eigenvalue weighted by atomic mass is 16.5. The van der Waals surface area contributed by atoms with Crippen LogP contribution < -0.4 is 70.0 Å². The number of hydrogen-bond acceptors (Lipinski definition) is 17. The molecule has 0 bridgehead atoms. The third kappa shape index (κ3) is 24.0. The third-order valence-electron chi connectivity index (χ3n) is 14.7. The first-order valence-corrected chi connectivity index (χ1v) is 28.8. The lowest BCUT2D eigenvalue weighted by atomic mass is 9.96. The molecule has 0 unspecified atom stereocenters. The van der Waals surface area contributed by atoms with Gasteiger partial charge in [0.25, 0.3) is 0 Å². The van der Waals surface area contributed by atoms with E-state index in [2.05, 4.69) is 63.5 Å². The highest BCUT2D eigenvalue weighted by molar-refractivity contribution is 5.99. The number of primary amides is 1. The number of rotatable bonds is 32. The van der Waals surface area contributed by atoms with Gasteiger partial charge in [0.2, 0.25) is 65.0 Å². The lowest BCUT2D eigenvalue weighted by Gasteiger charge is -2.30. The second-order valence-electron chi connectivity index (χ2n) is 21.5. The van der Waals surface area contributed by atoms with Gasteiger partial charge >= 0.3 is 5.97 Å². The van der Waals surface area contributed by atoms with Gasteiger partial charge in [0.05, 0.1) is 25.1 Å². The zero-order chi connectivity index (χ0) is 64.2. The Balaban J connectivity index is 2.30. The quantitative estimate of drug-likeness (QED) is 0.0142. The van der Waals surface area contributed by atoms with E-state index in [4.69, 9.17) is 16.2 Å². The zero-order valence-corrected chi connectivity index (χ0v) is 50.6. The number of benzene rings is 1. The molecule has 476 valence electrons. The van der Waals surface area contributed by atoms with E-state index in [0.29, 0.717) is 31.5 Å². The zero-order valence-electron chi connectivity index (χ0n) is 50.6. The third-order valence-corrected chi connectivity index (χ3v) is 14.7. The molecular weight excluding hydrogens is 1110 g/mol. The van der Waals surface area contributed by atoms with Crippen LogP contribution in [0.1, 0.15) is 120 Å². The van der Waals surface area contributed by atoms with Gasteiger partial charge in [-0.25, -0.2) is 4.79 Å². The van der Waals surface area contributed by atoms with Crippen molar-refractivity contribution < 1.29 is 72.5 Å². The molecule has 1 aromatic rings. The number of esters is 1. The van der Waals surface area contributed by atoms with Gasteiger partial charge in [-0.3, -0.25) is 57.7 Å². The van der Waals surface area contributed by atoms with E-state index in [0.717, 1.165) is 5.56 Å². The molecule has 29 nitrogen and oxygen atoms in total. The van der Waals surface area contributed by atoms with Crippen molar-refractivity contribution in [2.45, 2.75) is 193 Å². The SMILES string of the molecule is CC[C@@H](C)[C@@H](NC(=O)[C@@H](CCC(N)=O)NC(=O)[C@H](CO)NC(=O)[C@@H](NC(=O)[C@@H](Cc1ccccc1)NC)[C@@H](C)CC)C(=O)N[C@@H](C)C(=O)N[C@@H](CO)C(=O)N[C@H]1C(=O)N[C@@H](C)C(=O)N[C@@H](CCCN=C(C)N)C(=O)N[C@@H]([C@@H](C)CC)C(=O)O[C@H]1C. The summed E-state index contributed by atoms with van der Waals surface area (Å²) in [7, 11) is 1.59. The maximum absolute atomic E-state index is 14.0. The van der Waals surface area contributed by atoms with Crippen molar-refractivity contribution in [1.29, 1.82) is 0 Å². The summed E-state index contributed by atoms with van der Waals surface area (Å²) in [6, 6.07) is -6.25. The fraction of sp³-hybridized carbons (Fsp3) is 0.661. The second kappa shape index (κ2) is 36.8. The van der Waals surface area contributed by atoms with E-state index in [9.17, 15) is 67.7 Å². The molecule has 29 heteroatoms. The topological polar surface area (TPSA) is 451 Å². The molecule has 11 amide bonds. The number of nitrogens with zero attached hydrogens (tertiary/aromatic N) is 1. The largest absolute Gasteiger partial charge is 0.458 e. The highest BCUT2D eigenvalue weighted by Crippen LogP contribution is 2.16. The molecule has 1 fully saturated rings. The number of aliphatic hydroxyl groups excluding tert-OH is 2. The van der Waals surface area contributed by atoms with Gasteiger partial charge in [-0.15, -0.1) is 0 Å². The molecule has 15 atom stereocenters. The summed E-state index contributed by atoms with van der Waals surface area (Å²) in [6.07, 6.45) is -0.575. The average Bonchev–Trinajstić information content (AvgIpc) is 3.84. The number of amidine groups is 1. The van der Waals surface area contributed by atoms with Gasteiger partial charge in [-0.2, -0.15) is 0 Å². The lowest BCUT2D eigenvalue weighted by Crippen LogP contribution is -2.62. The Morgan fingerprint density at radius 3 is 1.71 bits per heavy atom. The predicted molar refractivity (Wildman–Crippen MR) is 312 cm³/mol. The van der Waals surface area contributed by atoms with Crippen LogP contribution in [0.2, 0.25) is 0 Å². The number of cyclic esters (lactones) is 1. The monoisotopic (exact) mass is 1200 g/mol. The van der Waals surface area contributed by atoms with Crippen molar-refractivity contribution >= 4 is 76.8 Å². The van der Waals surface area contributed by atoms with Gasteiger partial charge in [0.15, 0.2) is 0 Å². The van der Waals surface area contributed by atoms with Crippen LogP contribution in [-0.4, -0.2) is 186 Å². The summed E-state index contributed by atoms with van der Waals surface area (Å²) in [5.74, 6) is -12.2. The first-order chi connectivity index (χ1) is 40.1. The van der Waals surface area contributed by atoms with Crippen molar-refractivity contribution in [1.82, 2.24) is 58.5 Å². The molecule has 1 heterocycles. The first-order valence-electron chi connectivity index (χ1n) is 28.8. The molecule has 0 radical (unpaired) electrons. The Morgan fingerprint density at radius 1 is 0.647 bits per heavy atom. The molecule has 0 saturated carbocycles. The minimum atomic E-state index is -1.81. The van der Waals surface area contributed by atoms with Crippen molar-refractivity contribution in [2.24, 2.45) is 34.2 Å². The normalized spacial score (nSPS) is 21.3. The van der Waals surface area contributed by atoms with Gasteiger partial charge in [-0.05, 0) is 83.7 Å². The van der Waals surface area contributed by atoms with Crippen molar-refractivity contribution in [3.05, 3.63) is 35.9 Å². The number of nitrogens with two attached hydrogens (primary N) is 2. The molecule has 1 aromatic carbocycles. The number of likely N-dealkylation sites (N-methyl/N-ethyl adjacent to an activating group) is 1. The standard InChI is InChI=1S/C56H92N14O15/c1-12-28(4)42(67-49(77)37(22-23-41(58)73)64-51(79)39(26-71)66-54(82)43(29(5)13-2)68-50(78)38(59-11)25-35-19-16-15-17-20-35)53(81)61-32(8)47(75)65-40(27-72)52(80)70-45-33(9)85-56(84)44(30(6)14-3)69-48(76)36(21-18-24-60-34(10)57)63-46(74)31(7)62-55(45)83/h15-17,19-20,28-33,36-40,42-45,59,71-72H,12-14,18,21-27H2,1-11H3,(H2,57,60)(H2,58,73)(H,61,81)(H,62,83)(H,63,74)(H,64,79)(H,65,75)(H,66,82)(H,67,77)(H,68,78)(H,69,76)(H,70,80)/t28-,29+,30+,31+,32+,33+,36+,37-,38-,39+,40+,42-,43+,44+,45-/m1/s1. The summed E-state index contributed by atoms with van der Waals surface area (Å²) in [5.41, 5.74) is 11.9. The Hall–Kier alpha value is -7.79. The molecule has 1 aliphatic heterocycles. The molecule has 17 N–H and O–H groups in total. The molecule has 85 heavy (non-hydrogen) atoms. The van der Waals surface area contributed by atoms with Gasteiger partial charge in [0.1, 0.15) is 66.5 Å². The average molecular weight is 1200 g/mol. The van der Waals surface area contributed by atoms with E-state index in [1.165, 1.54) is 20.8 Å².